The molecule has 0 spiro atoms. The van der Waals surface area contributed by atoms with Gasteiger partial charge in [0, 0.05) is 31.1 Å². The number of hydrogen-bond donors (Lipinski definition) is 1. The summed E-state index contributed by atoms with van der Waals surface area (Å²) in [6, 6.07) is 3.12. The number of halogens is 2. The van der Waals surface area contributed by atoms with E-state index >= 15 is 0 Å². The molecule has 4 rings (SSSR count). The molecule has 2 aromatic rings. The van der Waals surface area contributed by atoms with Gasteiger partial charge in [-0.2, -0.15) is 0 Å². The van der Waals surface area contributed by atoms with Crippen LogP contribution in [0, 0.1) is 17.6 Å². The van der Waals surface area contributed by atoms with Gasteiger partial charge in [-0.25, -0.2) is 13.8 Å². The summed E-state index contributed by atoms with van der Waals surface area (Å²) in [4.78, 5) is 32.2. The van der Waals surface area contributed by atoms with Gasteiger partial charge in [0.15, 0.2) is 0 Å². The maximum Gasteiger partial charge on any atom is 0.231 e. The molecule has 0 bridgehead atoms. The van der Waals surface area contributed by atoms with Gasteiger partial charge in [0.05, 0.1) is 19.0 Å². The molecule has 2 aliphatic rings. The Labute approximate surface area is 166 Å². The number of aromatic nitrogens is 1. The average molecular weight is 404 g/mol. The maximum absolute atomic E-state index is 13.5. The second-order valence-corrected chi connectivity index (χ2v) is 7.60. The molecule has 9 heteroatoms. The lowest BCUT2D eigenvalue weighted by Crippen LogP contribution is -2.47. The molecule has 0 saturated carbocycles. The third-order valence-electron chi connectivity index (χ3n) is 5.38. The van der Waals surface area contributed by atoms with E-state index in [0.29, 0.717) is 37.5 Å². The minimum atomic E-state index is -0.703. The topological polar surface area (TPSA) is 92.7 Å². The van der Waals surface area contributed by atoms with Gasteiger partial charge in [-0.15, -0.1) is 0 Å². The molecular formula is C20H22F2N4O3. The Kier molecular flexibility index (Phi) is 5.31. The minimum Gasteiger partial charge on any atom is -0.441 e. The number of nitrogens with two attached hydrogens (primary N) is 1. The van der Waals surface area contributed by atoms with Gasteiger partial charge in [-0.3, -0.25) is 14.5 Å². The van der Waals surface area contributed by atoms with Crippen molar-refractivity contribution in [1.29, 1.82) is 0 Å². The predicted molar refractivity (Wildman–Crippen MR) is 99.3 cm³/mol. The number of likely N-dealkylation sites (tertiary alicyclic amines) is 1. The van der Waals surface area contributed by atoms with Gasteiger partial charge in [-0.05, 0) is 31.5 Å². The summed E-state index contributed by atoms with van der Waals surface area (Å²) in [5.41, 5.74) is 6.10. The molecule has 1 saturated heterocycles. The number of hydrogen-bond acceptors (Lipinski definition) is 5. The lowest BCUT2D eigenvalue weighted by Gasteiger charge is -2.35. The van der Waals surface area contributed by atoms with Crippen LogP contribution in [0.15, 0.2) is 22.6 Å². The Hall–Kier alpha value is -2.81. The number of piperidine rings is 1. The molecular weight excluding hydrogens is 382 g/mol. The third kappa shape index (κ3) is 4.29. The Balaban J connectivity index is 1.46. The fourth-order valence-electron chi connectivity index (χ4n) is 4.07. The van der Waals surface area contributed by atoms with Crippen molar-refractivity contribution < 1.29 is 22.8 Å². The monoisotopic (exact) mass is 404 g/mol. The van der Waals surface area contributed by atoms with Crippen molar-refractivity contribution in [2.75, 3.05) is 26.2 Å². The van der Waals surface area contributed by atoms with E-state index in [1.807, 2.05) is 4.90 Å². The number of primary amides is 1. The van der Waals surface area contributed by atoms with E-state index < -0.39 is 17.5 Å². The lowest BCUT2D eigenvalue weighted by molar-refractivity contribution is -0.139. The molecule has 7 nitrogen and oxygen atoms in total. The molecule has 2 aliphatic heterocycles. The maximum atomic E-state index is 13.5. The highest BCUT2D eigenvalue weighted by Gasteiger charge is 2.33. The molecule has 1 atom stereocenters. The van der Waals surface area contributed by atoms with E-state index in [1.165, 1.54) is 12.1 Å². The molecule has 1 aromatic heterocycles. The van der Waals surface area contributed by atoms with Crippen LogP contribution in [0.5, 0.6) is 0 Å². The molecule has 3 heterocycles. The van der Waals surface area contributed by atoms with Crippen molar-refractivity contribution in [3.05, 3.63) is 41.3 Å². The Morgan fingerprint density at radius 2 is 1.97 bits per heavy atom. The molecule has 2 amide bonds. The number of rotatable bonds is 4. The molecule has 0 aliphatic carbocycles. The van der Waals surface area contributed by atoms with Crippen molar-refractivity contribution in [3.8, 4) is 11.5 Å². The van der Waals surface area contributed by atoms with Crippen molar-refractivity contribution in [3.63, 3.8) is 0 Å². The number of carbonyl (C=O) groups is 2. The highest BCUT2D eigenvalue weighted by Crippen LogP contribution is 2.29. The van der Waals surface area contributed by atoms with Crippen LogP contribution < -0.4 is 5.73 Å². The first-order valence-electron chi connectivity index (χ1n) is 9.63. The second kappa shape index (κ2) is 7.90. The molecule has 154 valence electrons. The highest BCUT2D eigenvalue weighted by molar-refractivity contribution is 5.80. The number of benzene rings is 1. The van der Waals surface area contributed by atoms with Crippen LogP contribution in [0.25, 0.3) is 11.5 Å². The summed E-state index contributed by atoms with van der Waals surface area (Å²) in [6.45, 7) is 2.21. The van der Waals surface area contributed by atoms with E-state index in [1.54, 1.807) is 4.90 Å². The Morgan fingerprint density at radius 3 is 2.69 bits per heavy atom. The normalized spacial score (nSPS) is 19.8. The standard InChI is InChI=1S/C20H22F2N4O3/c21-14-6-13(7-15(22)8-14)19-24-16-10-26(5-3-17(16)29-19)20(28)12-2-1-4-25(9-12)11-18(23)27/h6-8,12H,1-5,9-11H2,(H2,23,27). The Morgan fingerprint density at radius 1 is 1.21 bits per heavy atom. The summed E-state index contributed by atoms with van der Waals surface area (Å²) in [7, 11) is 0. The first-order chi connectivity index (χ1) is 13.9. The van der Waals surface area contributed by atoms with Gasteiger partial charge < -0.3 is 15.1 Å². The Bertz CT molecular complexity index is 926. The zero-order valence-corrected chi connectivity index (χ0v) is 15.9. The summed E-state index contributed by atoms with van der Waals surface area (Å²) < 4.78 is 32.7. The number of carbonyl (C=O) groups excluding carboxylic acids is 2. The highest BCUT2D eigenvalue weighted by atomic mass is 19.1. The van der Waals surface area contributed by atoms with Crippen LogP contribution in [0.4, 0.5) is 8.78 Å². The number of oxazole rings is 1. The molecule has 1 fully saturated rings. The van der Waals surface area contributed by atoms with Crippen molar-refractivity contribution >= 4 is 11.8 Å². The van der Waals surface area contributed by atoms with E-state index in [9.17, 15) is 18.4 Å². The number of nitrogens with zero attached hydrogens (tertiary/aromatic N) is 3. The lowest BCUT2D eigenvalue weighted by atomic mass is 9.95. The van der Waals surface area contributed by atoms with E-state index in [4.69, 9.17) is 10.2 Å². The van der Waals surface area contributed by atoms with Crippen molar-refractivity contribution in [1.82, 2.24) is 14.8 Å². The van der Waals surface area contributed by atoms with Crippen LogP contribution in [-0.2, 0) is 22.6 Å². The van der Waals surface area contributed by atoms with Gasteiger partial charge in [0.1, 0.15) is 23.1 Å². The fourth-order valence-corrected chi connectivity index (χ4v) is 4.07. The van der Waals surface area contributed by atoms with Crippen LogP contribution >= 0.6 is 0 Å². The second-order valence-electron chi connectivity index (χ2n) is 7.60. The van der Waals surface area contributed by atoms with Crippen LogP contribution in [0.3, 0.4) is 0 Å². The van der Waals surface area contributed by atoms with Crippen LogP contribution in [-0.4, -0.2) is 52.8 Å². The minimum absolute atomic E-state index is 0.0196. The number of amides is 2. The summed E-state index contributed by atoms with van der Waals surface area (Å²) >= 11 is 0. The van der Waals surface area contributed by atoms with E-state index in [2.05, 4.69) is 4.98 Å². The molecule has 1 aromatic carbocycles. The molecule has 29 heavy (non-hydrogen) atoms. The quantitative estimate of drug-likeness (QED) is 0.837. The van der Waals surface area contributed by atoms with Gasteiger partial charge in [0.2, 0.25) is 17.7 Å². The van der Waals surface area contributed by atoms with Crippen LogP contribution in [0.1, 0.15) is 24.3 Å². The van der Waals surface area contributed by atoms with Gasteiger partial charge in [0.25, 0.3) is 0 Å². The van der Waals surface area contributed by atoms with Crippen molar-refractivity contribution in [2.45, 2.75) is 25.8 Å². The number of fused-ring (bicyclic) bond motifs is 1. The molecule has 2 N–H and O–H groups in total. The van der Waals surface area contributed by atoms with E-state index in [0.717, 1.165) is 25.5 Å². The van der Waals surface area contributed by atoms with Crippen molar-refractivity contribution in [2.24, 2.45) is 11.7 Å². The largest absolute Gasteiger partial charge is 0.441 e. The third-order valence-corrected chi connectivity index (χ3v) is 5.38. The van der Waals surface area contributed by atoms with Gasteiger partial charge >= 0.3 is 0 Å². The smallest absolute Gasteiger partial charge is 0.231 e. The fraction of sp³-hybridized carbons (Fsp3) is 0.450. The first kappa shape index (κ1) is 19.5. The first-order valence-corrected chi connectivity index (χ1v) is 9.63. The summed E-state index contributed by atoms with van der Waals surface area (Å²) in [5.74, 6) is -1.19. The predicted octanol–water partition coefficient (Wildman–Crippen LogP) is 1.70. The van der Waals surface area contributed by atoms with E-state index in [-0.39, 0.29) is 29.8 Å². The van der Waals surface area contributed by atoms with Crippen LogP contribution in [0.2, 0.25) is 0 Å². The zero-order chi connectivity index (χ0) is 20.5. The SMILES string of the molecule is NC(=O)CN1CCCC(C(=O)N2CCc3oc(-c4cc(F)cc(F)c4)nc3C2)C1. The van der Waals surface area contributed by atoms with Gasteiger partial charge in [-0.1, -0.05) is 0 Å². The zero-order valence-electron chi connectivity index (χ0n) is 15.9. The summed E-state index contributed by atoms with van der Waals surface area (Å²) in [6.07, 6.45) is 2.09. The average Bonchev–Trinajstić information content (AvgIpc) is 3.10. The summed E-state index contributed by atoms with van der Waals surface area (Å²) in [5, 5.41) is 0. The molecule has 1 unspecified atom stereocenters. The molecule has 0 radical (unpaired) electrons.